The average molecular weight is 387 g/mol. The van der Waals surface area contributed by atoms with Crippen molar-refractivity contribution in [2.75, 3.05) is 5.32 Å². The quantitative estimate of drug-likeness (QED) is 0.452. The molecular weight excluding hydrogens is 374 g/mol. The van der Waals surface area contributed by atoms with E-state index in [4.69, 9.17) is 4.74 Å². The van der Waals surface area contributed by atoms with Crippen molar-refractivity contribution in [3.8, 4) is 0 Å². The van der Waals surface area contributed by atoms with Gasteiger partial charge in [-0.05, 0) is 31.2 Å². The molecule has 0 fully saturated rings. The standard InChI is InChI=1S/C17H13F4NO3S/c1-9(15(23)22-13-8-10(18)6-7-12(13)19)25-16(24)11-4-2-3-5-14(11)26-17(20)21/h2-9,17H,1H3,(H,22,23)/t9-/m0/s1. The van der Waals surface area contributed by atoms with Gasteiger partial charge in [-0.1, -0.05) is 23.9 Å². The first-order chi connectivity index (χ1) is 12.3. The summed E-state index contributed by atoms with van der Waals surface area (Å²) in [6.07, 6.45) is -1.37. The summed E-state index contributed by atoms with van der Waals surface area (Å²) in [6.45, 7) is 1.22. The number of carbonyl (C=O) groups excluding carboxylic acids is 2. The number of benzene rings is 2. The molecule has 0 bridgehead atoms. The van der Waals surface area contributed by atoms with Crippen molar-refractivity contribution in [2.24, 2.45) is 0 Å². The summed E-state index contributed by atoms with van der Waals surface area (Å²) in [5.74, 6) is -6.25. The molecule has 26 heavy (non-hydrogen) atoms. The van der Waals surface area contributed by atoms with Crippen LogP contribution in [0.4, 0.5) is 23.2 Å². The molecule has 1 amide bonds. The number of nitrogens with one attached hydrogen (secondary N) is 1. The Balaban J connectivity index is 2.07. The zero-order valence-electron chi connectivity index (χ0n) is 13.3. The average Bonchev–Trinajstić information content (AvgIpc) is 2.57. The van der Waals surface area contributed by atoms with E-state index < -0.39 is 41.1 Å². The van der Waals surface area contributed by atoms with Crippen molar-refractivity contribution >= 4 is 29.3 Å². The smallest absolute Gasteiger partial charge is 0.340 e. The molecule has 2 aromatic rings. The van der Waals surface area contributed by atoms with Crippen LogP contribution in [0.15, 0.2) is 47.4 Å². The molecule has 1 atom stereocenters. The zero-order chi connectivity index (χ0) is 19.3. The molecule has 0 unspecified atom stereocenters. The minimum Gasteiger partial charge on any atom is -0.449 e. The highest BCUT2D eigenvalue weighted by molar-refractivity contribution is 7.99. The minimum atomic E-state index is -2.74. The molecule has 0 aliphatic heterocycles. The SMILES string of the molecule is C[C@H](OC(=O)c1ccccc1SC(F)F)C(=O)Nc1cc(F)ccc1F. The molecule has 0 spiro atoms. The van der Waals surface area contributed by atoms with Crippen molar-refractivity contribution in [3.05, 3.63) is 59.7 Å². The number of amides is 1. The molecular formula is C17H13F4NO3S. The topological polar surface area (TPSA) is 55.4 Å². The van der Waals surface area contributed by atoms with E-state index in [1.807, 2.05) is 0 Å². The lowest BCUT2D eigenvalue weighted by atomic mass is 10.2. The maximum atomic E-state index is 13.5. The molecule has 138 valence electrons. The molecule has 2 rings (SSSR count). The number of anilines is 1. The Labute approximate surface area is 150 Å². The molecule has 0 radical (unpaired) electrons. The van der Waals surface area contributed by atoms with Crippen LogP contribution in [0.1, 0.15) is 17.3 Å². The normalized spacial score (nSPS) is 11.9. The van der Waals surface area contributed by atoms with E-state index in [1.54, 1.807) is 0 Å². The van der Waals surface area contributed by atoms with Gasteiger partial charge in [0, 0.05) is 11.0 Å². The van der Waals surface area contributed by atoms with Gasteiger partial charge in [0.05, 0.1) is 11.3 Å². The molecule has 0 saturated heterocycles. The molecule has 1 N–H and O–H groups in total. The molecule has 9 heteroatoms. The number of esters is 1. The first-order valence-corrected chi connectivity index (χ1v) is 8.16. The van der Waals surface area contributed by atoms with E-state index in [-0.39, 0.29) is 22.2 Å². The van der Waals surface area contributed by atoms with Crippen LogP contribution < -0.4 is 5.32 Å². The van der Waals surface area contributed by atoms with Crippen LogP contribution in [-0.4, -0.2) is 23.7 Å². The first kappa shape index (κ1) is 19.8. The lowest BCUT2D eigenvalue weighted by molar-refractivity contribution is -0.123. The Kier molecular flexibility index (Phi) is 6.62. The van der Waals surface area contributed by atoms with Gasteiger partial charge in [-0.25, -0.2) is 13.6 Å². The third kappa shape index (κ3) is 5.22. The van der Waals surface area contributed by atoms with Crippen molar-refractivity contribution in [3.63, 3.8) is 0 Å². The van der Waals surface area contributed by atoms with Gasteiger partial charge in [-0.3, -0.25) is 4.79 Å². The highest BCUT2D eigenvalue weighted by Crippen LogP contribution is 2.29. The molecule has 0 aliphatic rings. The number of alkyl halides is 2. The first-order valence-electron chi connectivity index (χ1n) is 7.28. The number of halogens is 4. The van der Waals surface area contributed by atoms with Crippen LogP contribution in [0.5, 0.6) is 0 Å². The van der Waals surface area contributed by atoms with Gasteiger partial charge < -0.3 is 10.1 Å². The number of thioether (sulfide) groups is 1. The van der Waals surface area contributed by atoms with Gasteiger partial charge in [-0.2, -0.15) is 8.78 Å². The van der Waals surface area contributed by atoms with Gasteiger partial charge in [0.2, 0.25) is 0 Å². The predicted octanol–water partition coefficient (Wildman–Crippen LogP) is 4.46. The second-order valence-electron chi connectivity index (χ2n) is 5.04. The monoisotopic (exact) mass is 387 g/mol. The van der Waals surface area contributed by atoms with Crippen LogP contribution in [0.25, 0.3) is 0 Å². The van der Waals surface area contributed by atoms with Gasteiger partial charge in [0.1, 0.15) is 11.6 Å². The summed E-state index contributed by atoms with van der Waals surface area (Å²) in [7, 11) is 0. The van der Waals surface area contributed by atoms with Crippen LogP contribution in [-0.2, 0) is 9.53 Å². The van der Waals surface area contributed by atoms with Crippen LogP contribution in [0.3, 0.4) is 0 Å². The van der Waals surface area contributed by atoms with Crippen LogP contribution in [0.2, 0.25) is 0 Å². The lowest BCUT2D eigenvalue weighted by Gasteiger charge is -2.15. The Morgan fingerprint density at radius 1 is 1.12 bits per heavy atom. The largest absolute Gasteiger partial charge is 0.449 e. The van der Waals surface area contributed by atoms with Gasteiger partial charge in [0.25, 0.3) is 11.7 Å². The van der Waals surface area contributed by atoms with Gasteiger partial charge in [0.15, 0.2) is 6.10 Å². The van der Waals surface area contributed by atoms with Crippen LogP contribution >= 0.6 is 11.8 Å². The van der Waals surface area contributed by atoms with Gasteiger partial charge in [-0.15, -0.1) is 0 Å². The van der Waals surface area contributed by atoms with Crippen LogP contribution in [0, 0.1) is 11.6 Å². The molecule has 2 aromatic carbocycles. The zero-order valence-corrected chi connectivity index (χ0v) is 14.2. The third-order valence-electron chi connectivity index (χ3n) is 3.16. The number of hydrogen-bond acceptors (Lipinski definition) is 4. The molecule has 4 nitrogen and oxygen atoms in total. The highest BCUT2D eigenvalue weighted by Gasteiger charge is 2.23. The lowest BCUT2D eigenvalue weighted by Crippen LogP contribution is -2.30. The third-order valence-corrected chi connectivity index (χ3v) is 3.95. The second-order valence-corrected chi connectivity index (χ2v) is 6.07. The minimum absolute atomic E-state index is 0.00344. The number of carbonyl (C=O) groups is 2. The molecule has 0 aromatic heterocycles. The number of hydrogen-bond donors (Lipinski definition) is 1. The van der Waals surface area contributed by atoms with E-state index in [0.717, 1.165) is 18.2 Å². The number of ether oxygens (including phenoxy) is 1. The molecule has 0 aliphatic carbocycles. The summed E-state index contributed by atoms with van der Waals surface area (Å²) in [5.41, 5.74) is -0.541. The maximum absolute atomic E-state index is 13.5. The fourth-order valence-electron chi connectivity index (χ4n) is 1.94. The van der Waals surface area contributed by atoms with Crippen molar-refractivity contribution in [1.29, 1.82) is 0 Å². The Morgan fingerprint density at radius 2 is 1.81 bits per heavy atom. The molecule has 0 heterocycles. The summed E-state index contributed by atoms with van der Waals surface area (Å²) in [5, 5.41) is 2.10. The van der Waals surface area contributed by atoms with E-state index >= 15 is 0 Å². The summed E-state index contributed by atoms with van der Waals surface area (Å²) in [4.78, 5) is 24.1. The van der Waals surface area contributed by atoms with Crippen molar-refractivity contribution in [2.45, 2.75) is 23.7 Å². The molecule has 0 saturated carbocycles. The summed E-state index contributed by atoms with van der Waals surface area (Å²) in [6, 6.07) is 8.02. The van der Waals surface area contributed by atoms with E-state index in [0.29, 0.717) is 0 Å². The Bertz CT molecular complexity index is 816. The Hall–Kier alpha value is -2.55. The van der Waals surface area contributed by atoms with Crippen molar-refractivity contribution < 1.29 is 31.9 Å². The predicted molar refractivity (Wildman–Crippen MR) is 88.2 cm³/mol. The van der Waals surface area contributed by atoms with E-state index in [9.17, 15) is 27.2 Å². The highest BCUT2D eigenvalue weighted by atomic mass is 32.2. The number of rotatable bonds is 6. The summed E-state index contributed by atoms with van der Waals surface area (Å²) >= 11 is 0.169. The van der Waals surface area contributed by atoms with E-state index in [2.05, 4.69) is 5.32 Å². The Morgan fingerprint density at radius 3 is 2.50 bits per heavy atom. The summed E-state index contributed by atoms with van der Waals surface area (Å²) < 4.78 is 56.7. The van der Waals surface area contributed by atoms with E-state index in [1.165, 1.54) is 31.2 Å². The fourth-order valence-corrected chi connectivity index (χ4v) is 2.57. The van der Waals surface area contributed by atoms with Crippen molar-refractivity contribution in [1.82, 2.24) is 0 Å². The van der Waals surface area contributed by atoms with Gasteiger partial charge >= 0.3 is 5.97 Å². The second kappa shape index (κ2) is 8.70. The maximum Gasteiger partial charge on any atom is 0.340 e. The fraction of sp³-hybridized carbons (Fsp3) is 0.176.